The van der Waals surface area contributed by atoms with E-state index in [1.807, 2.05) is 13.0 Å². The summed E-state index contributed by atoms with van der Waals surface area (Å²) >= 11 is 0. The average molecular weight is 282 g/mol. The first-order chi connectivity index (χ1) is 10.1. The Bertz CT molecular complexity index is 933. The first-order valence-electron chi connectivity index (χ1n) is 6.32. The van der Waals surface area contributed by atoms with Crippen LogP contribution in [0.5, 0.6) is 0 Å². The molecular weight excluding hydrogens is 271 g/mol. The molecule has 0 aliphatic heterocycles. The molecule has 21 heavy (non-hydrogen) atoms. The number of aryl methyl sites for hydroxylation is 1. The van der Waals surface area contributed by atoms with Crippen molar-refractivity contribution in [3.63, 3.8) is 0 Å². The van der Waals surface area contributed by atoms with Gasteiger partial charge in [0.05, 0.1) is 23.9 Å². The van der Waals surface area contributed by atoms with Crippen molar-refractivity contribution in [3.8, 4) is 6.07 Å². The lowest BCUT2D eigenvalue weighted by Gasteiger charge is -2.07. The molecule has 0 aliphatic rings. The first kappa shape index (κ1) is 13.1. The molecule has 0 radical (unpaired) electrons. The molecule has 5 nitrogen and oxygen atoms in total. The Morgan fingerprint density at radius 3 is 2.86 bits per heavy atom. The van der Waals surface area contributed by atoms with E-state index in [0.717, 1.165) is 11.8 Å². The van der Waals surface area contributed by atoms with Gasteiger partial charge in [0.2, 0.25) is 0 Å². The van der Waals surface area contributed by atoms with Gasteiger partial charge in [-0.25, -0.2) is 8.91 Å². The summed E-state index contributed by atoms with van der Waals surface area (Å²) in [7, 11) is 0. The number of hydrogen-bond donors (Lipinski definition) is 0. The Labute approximate surface area is 119 Å². The van der Waals surface area contributed by atoms with Crippen LogP contribution in [0.1, 0.15) is 16.8 Å². The fraction of sp³-hybridized carbons (Fsp3) is 0.133. The molecule has 104 valence electrons. The second-order valence-corrected chi connectivity index (χ2v) is 4.81. The van der Waals surface area contributed by atoms with Crippen LogP contribution in [-0.4, -0.2) is 14.2 Å². The normalized spacial score (nSPS) is 10.7. The highest BCUT2D eigenvalue weighted by Gasteiger charge is 2.07. The van der Waals surface area contributed by atoms with E-state index in [4.69, 9.17) is 5.26 Å². The van der Waals surface area contributed by atoms with E-state index in [2.05, 4.69) is 5.10 Å². The smallest absolute Gasteiger partial charge is 0.276 e. The number of nitrogens with zero attached hydrogens (tertiary/aromatic N) is 4. The van der Waals surface area contributed by atoms with Gasteiger partial charge in [0.1, 0.15) is 11.3 Å². The SMILES string of the molecule is Cc1cc2c(=O)n(Cc3cc(F)cc(C#N)c3)ccn2n1. The van der Waals surface area contributed by atoms with E-state index in [1.165, 1.54) is 15.1 Å². The van der Waals surface area contributed by atoms with Crippen LogP contribution in [0.2, 0.25) is 0 Å². The Morgan fingerprint density at radius 2 is 2.10 bits per heavy atom. The number of nitriles is 1. The minimum absolute atomic E-state index is 0.200. The fourth-order valence-corrected chi connectivity index (χ4v) is 2.28. The summed E-state index contributed by atoms with van der Waals surface area (Å²) in [5.41, 5.74) is 1.81. The molecule has 0 atom stereocenters. The van der Waals surface area contributed by atoms with Gasteiger partial charge >= 0.3 is 0 Å². The molecule has 0 aliphatic carbocycles. The zero-order valence-electron chi connectivity index (χ0n) is 11.2. The molecule has 3 rings (SSSR count). The molecule has 0 N–H and O–H groups in total. The van der Waals surface area contributed by atoms with E-state index in [1.54, 1.807) is 24.5 Å². The highest BCUT2D eigenvalue weighted by Crippen LogP contribution is 2.10. The lowest BCUT2D eigenvalue weighted by Crippen LogP contribution is -2.21. The van der Waals surface area contributed by atoms with Crippen LogP contribution in [0, 0.1) is 24.1 Å². The van der Waals surface area contributed by atoms with Crippen molar-refractivity contribution in [1.82, 2.24) is 14.2 Å². The fourth-order valence-electron chi connectivity index (χ4n) is 2.28. The summed E-state index contributed by atoms with van der Waals surface area (Å²) in [5.74, 6) is -0.488. The summed E-state index contributed by atoms with van der Waals surface area (Å²) in [4.78, 5) is 12.3. The number of rotatable bonds is 2. The summed E-state index contributed by atoms with van der Waals surface area (Å²) in [5, 5.41) is 13.0. The van der Waals surface area contributed by atoms with Gasteiger partial charge in [-0.3, -0.25) is 4.79 Å². The second kappa shape index (κ2) is 4.87. The topological polar surface area (TPSA) is 63.1 Å². The van der Waals surface area contributed by atoms with Crippen LogP contribution in [0.4, 0.5) is 4.39 Å². The highest BCUT2D eigenvalue weighted by molar-refractivity contribution is 5.45. The van der Waals surface area contributed by atoms with Gasteiger partial charge in [-0.15, -0.1) is 0 Å². The molecule has 0 saturated carbocycles. The summed E-state index contributed by atoms with van der Waals surface area (Å²) in [6, 6.07) is 7.65. The van der Waals surface area contributed by atoms with Crippen LogP contribution >= 0.6 is 0 Å². The van der Waals surface area contributed by atoms with E-state index < -0.39 is 5.82 Å². The predicted molar refractivity (Wildman–Crippen MR) is 74.4 cm³/mol. The van der Waals surface area contributed by atoms with Crippen LogP contribution < -0.4 is 5.56 Å². The number of fused-ring (bicyclic) bond motifs is 1. The van der Waals surface area contributed by atoms with Crippen molar-refractivity contribution in [2.24, 2.45) is 0 Å². The van der Waals surface area contributed by atoms with Gasteiger partial charge in [0.25, 0.3) is 5.56 Å². The van der Waals surface area contributed by atoms with Crippen LogP contribution in [0.15, 0.2) is 41.5 Å². The Hall–Kier alpha value is -2.94. The second-order valence-electron chi connectivity index (χ2n) is 4.81. The minimum atomic E-state index is -0.488. The third-order valence-electron chi connectivity index (χ3n) is 3.17. The average Bonchev–Trinajstić information content (AvgIpc) is 2.83. The van der Waals surface area contributed by atoms with E-state index >= 15 is 0 Å². The number of hydrogen-bond acceptors (Lipinski definition) is 3. The van der Waals surface area contributed by atoms with Gasteiger partial charge in [-0.05, 0) is 36.8 Å². The van der Waals surface area contributed by atoms with Crippen molar-refractivity contribution < 1.29 is 4.39 Å². The van der Waals surface area contributed by atoms with Crippen molar-refractivity contribution >= 4 is 5.52 Å². The van der Waals surface area contributed by atoms with Crippen LogP contribution in [0.25, 0.3) is 5.52 Å². The minimum Gasteiger partial charge on any atom is -0.308 e. The number of benzene rings is 1. The lowest BCUT2D eigenvalue weighted by molar-refractivity contribution is 0.622. The monoisotopic (exact) mass is 282 g/mol. The molecule has 0 fully saturated rings. The van der Waals surface area contributed by atoms with E-state index in [-0.39, 0.29) is 17.7 Å². The van der Waals surface area contributed by atoms with Crippen molar-refractivity contribution in [3.05, 3.63) is 69.7 Å². The molecule has 6 heteroatoms. The zero-order valence-corrected chi connectivity index (χ0v) is 11.2. The molecule has 3 aromatic rings. The molecule has 2 aromatic heterocycles. The molecule has 2 heterocycles. The van der Waals surface area contributed by atoms with Gasteiger partial charge in [-0.2, -0.15) is 10.4 Å². The molecular formula is C15H11FN4O. The van der Waals surface area contributed by atoms with Crippen molar-refractivity contribution in [1.29, 1.82) is 5.26 Å². The maximum Gasteiger partial charge on any atom is 0.276 e. The lowest BCUT2D eigenvalue weighted by atomic mass is 10.1. The van der Waals surface area contributed by atoms with Crippen molar-refractivity contribution in [2.45, 2.75) is 13.5 Å². The first-order valence-corrected chi connectivity index (χ1v) is 6.32. The van der Waals surface area contributed by atoms with Crippen LogP contribution in [0.3, 0.4) is 0 Å². The molecule has 0 amide bonds. The quantitative estimate of drug-likeness (QED) is 0.720. The Kier molecular flexibility index (Phi) is 3.03. The molecule has 0 bridgehead atoms. The van der Waals surface area contributed by atoms with Gasteiger partial charge < -0.3 is 4.57 Å². The summed E-state index contributed by atoms with van der Waals surface area (Å²) in [6.07, 6.45) is 3.27. The third-order valence-corrected chi connectivity index (χ3v) is 3.17. The Morgan fingerprint density at radius 1 is 1.29 bits per heavy atom. The number of aromatic nitrogens is 3. The maximum absolute atomic E-state index is 13.4. The van der Waals surface area contributed by atoms with Gasteiger partial charge in [0, 0.05) is 12.4 Å². The maximum atomic E-state index is 13.4. The predicted octanol–water partition coefficient (Wildman–Crippen LogP) is 1.86. The van der Waals surface area contributed by atoms with Gasteiger partial charge in [-0.1, -0.05) is 0 Å². The van der Waals surface area contributed by atoms with Crippen LogP contribution in [-0.2, 0) is 6.54 Å². The van der Waals surface area contributed by atoms with E-state index in [9.17, 15) is 9.18 Å². The molecule has 0 spiro atoms. The Balaban J connectivity index is 2.06. The molecule has 0 unspecified atom stereocenters. The standard InChI is InChI=1S/C15H11FN4O/c1-10-4-14-15(21)19(2-3-20(14)18-10)9-12-5-11(8-17)6-13(16)7-12/h2-7H,9H2,1H3. The summed E-state index contributed by atoms with van der Waals surface area (Å²) in [6.45, 7) is 2.01. The third kappa shape index (κ3) is 2.41. The molecule has 1 aromatic carbocycles. The highest BCUT2D eigenvalue weighted by atomic mass is 19.1. The van der Waals surface area contributed by atoms with Gasteiger partial charge in [0.15, 0.2) is 0 Å². The zero-order chi connectivity index (χ0) is 15.0. The van der Waals surface area contributed by atoms with E-state index in [0.29, 0.717) is 11.1 Å². The molecule has 0 saturated heterocycles. The van der Waals surface area contributed by atoms with Crippen molar-refractivity contribution in [2.75, 3.05) is 0 Å². The number of halogens is 1. The summed E-state index contributed by atoms with van der Waals surface area (Å²) < 4.78 is 16.4. The largest absolute Gasteiger partial charge is 0.308 e.